The van der Waals surface area contributed by atoms with Gasteiger partial charge in [0.15, 0.2) is 10.8 Å². The zero-order chi connectivity index (χ0) is 19.8. The highest BCUT2D eigenvalue weighted by molar-refractivity contribution is 8.00. The summed E-state index contributed by atoms with van der Waals surface area (Å²) in [4.78, 5) is 12.7. The molecule has 0 saturated heterocycles. The third-order valence-corrected chi connectivity index (χ3v) is 6.74. The average Bonchev–Trinajstić information content (AvgIpc) is 3.04. The molecule has 1 aromatic carbocycles. The van der Waals surface area contributed by atoms with Gasteiger partial charge in [-0.3, -0.25) is 9.20 Å². The van der Waals surface area contributed by atoms with Gasteiger partial charge in [0.1, 0.15) is 0 Å². The summed E-state index contributed by atoms with van der Waals surface area (Å²) in [5.41, 5.74) is 5.60. The van der Waals surface area contributed by atoms with Gasteiger partial charge in [-0.05, 0) is 63.8 Å². The van der Waals surface area contributed by atoms with Crippen LogP contribution in [0.1, 0.15) is 55.7 Å². The quantitative estimate of drug-likeness (QED) is 0.647. The Morgan fingerprint density at radius 3 is 2.61 bits per heavy atom. The predicted octanol–water partition coefficient (Wildman–Crippen LogP) is 4.74. The van der Waals surface area contributed by atoms with E-state index in [-0.39, 0.29) is 11.2 Å². The summed E-state index contributed by atoms with van der Waals surface area (Å²) >= 11 is 1.49. The number of rotatable bonds is 4. The summed E-state index contributed by atoms with van der Waals surface area (Å²) < 4.78 is 2.10. The van der Waals surface area contributed by atoms with Crippen LogP contribution < -0.4 is 5.32 Å². The highest BCUT2D eigenvalue weighted by Gasteiger charge is 2.23. The van der Waals surface area contributed by atoms with Crippen molar-refractivity contribution in [3.05, 3.63) is 34.9 Å². The normalized spacial score (nSPS) is 16.6. The Balaban J connectivity index is 1.65. The topological polar surface area (TPSA) is 59.3 Å². The molecule has 1 atom stereocenters. The fourth-order valence-electron chi connectivity index (χ4n) is 4.27. The van der Waals surface area contributed by atoms with E-state index in [1.54, 1.807) is 0 Å². The van der Waals surface area contributed by atoms with E-state index < -0.39 is 0 Å². The van der Waals surface area contributed by atoms with Crippen LogP contribution in [0.3, 0.4) is 0 Å². The largest absolute Gasteiger partial charge is 0.352 e. The number of carbonyl (C=O) groups is 1. The molecule has 1 aliphatic rings. The van der Waals surface area contributed by atoms with Crippen molar-refractivity contribution in [2.45, 2.75) is 76.2 Å². The molecule has 3 aromatic rings. The Morgan fingerprint density at radius 2 is 1.86 bits per heavy atom. The molecule has 1 unspecified atom stereocenters. The second-order valence-corrected chi connectivity index (χ2v) is 9.39. The maximum absolute atomic E-state index is 12.7. The summed E-state index contributed by atoms with van der Waals surface area (Å²) in [6, 6.07) is 6.80. The molecule has 148 valence electrons. The van der Waals surface area contributed by atoms with E-state index in [2.05, 4.69) is 58.9 Å². The molecular formula is C22H28N4OS. The Morgan fingerprint density at radius 1 is 1.11 bits per heavy atom. The van der Waals surface area contributed by atoms with Gasteiger partial charge in [0, 0.05) is 11.4 Å². The summed E-state index contributed by atoms with van der Waals surface area (Å²) in [6.45, 7) is 8.32. The molecular weight excluding hydrogens is 368 g/mol. The number of fused-ring (bicyclic) bond motifs is 3. The number of aryl methyl sites for hydroxylation is 3. The third kappa shape index (κ3) is 3.62. The molecule has 1 aliphatic carbocycles. The van der Waals surface area contributed by atoms with Crippen molar-refractivity contribution in [3.63, 3.8) is 0 Å². The van der Waals surface area contributed by atoms with Gasteiger partial charge < -0.3 is 5.32 Å². The van der Waals surface area contributed by atoms with Crippen molar-refractivity contribution in [1.82, 2.24) is 19.9 Å². The highest BCUT2D eigenvalue weighted by atomic mass is 32.2. The lowest BCUT2D eigenvalue weighted by Crippen LogP contribution is -2.40. The van der Waals surface area contributed by atoms with Gasteiger partial charge in [-0.15, -0.1) is 10.2 Å². The lowest BCUT2D eigenvalue weighted by atomic mass is 9.95. The summed E-state index contributed by atoms with van der Waals surface area (Å²) in [5, 5.41) is 13.8. The minimum absolute atomic E-state index is 0.0950. The van der Waals surface area contributed by atoms with E-state index in [1.165, 1.54) is 53.1 Å². The molecule has 0 spiro atoms. The van der Waals surface area contributed by atoms with Gasteiger partial charge in [0.2, 0.25) is 5.91 Å². The van der Waals surface area contributed by atoms with Crippen molar-refractivity contribution in [3.8, 4) is 0 Å². The first-order valence-electron chi connectivity index (χ1n) is 10.2. The van der Waals surface area contributed by atoms with E-state index in [9.17, 15) is 4.79 Å². The number of nitrogens with one attached hydrogen (secondary N) is 1. The molecule has 4 rings (SSSR count). The number of carbonyl (C=O) groups excluding carboxylic acids is 1. The first-order chi connectivity index (χ1) is 13.4. The van der Waals surface area contributed by atoms with Crippen molar-refractivity contribution in [2.24, 2.45) is 0 Å². The molecule has 1 N–H and O–H groups in total. The number of benzene rings is 1. The zero-order valence-corrected chi connectivity index (χ0v) is 17.9. The molecule has 1 fully saturated rings. The molecule has 2 heterocycles. The van der Waals surface area contributed by atoms with Crippen LogP contribution in [-0.4, -0.2) is 31.8 Å². The van der Waals surface area contributed by atoms with Gasteiger partial charge in [-0.1, -0.05) is 42.7 Å². The lowest BCUT2D eigenvalue weighted by Gasteiger charge is -2.24. The standard InChI is InChI=1S/C22H28N4OS/c1-13-10-15(3)20-18(11-13)14(2)12-19-24-25-22(26(19)20)28-16(4)21(27)23-17-8-6-5-7-9-17/h10-12,16-17H,5-9H2,1-4H3,(H,23,27). The van der Waals surface area contributed by atoms with E-state index >= 15 is 0 Å². The van der Waals surface area contributed by atoms with E-state index in [0.717, 1.165) is 29.2 Å². The van der Waals surface area contributed by atoms with Crippen molar-refractivity contribution in [1.29, 1.82) is 0 Å². The fraction of sp³-hybridized carbons (Fsp3) is 0.500. The van der Waals surface area contributed by atoms with Crippen LogP contribution in [0.4, 0.5) is 0 Å². The maximum Gasteiger partial charge on any atom is 0.233 e. The second-order valence-electron chi connectivity index (χ2n) is 8.09. The Labute approximate surface area is 170 Å². The monoisotopic (exact) mass is 396 g/mol. The highest BCUT2D eigenvalue weighted by Crippen LogP contribution is 2.30. The predicted molar refractivity (Wildman–Crippen MR) is 115 cm³/mol. The van der Waals surface area contributed by atoms with Gasteiger partial charge in [-0.2, -0.15) is 0 Å². The van der Waals surface area contributed by atoms with E-state index in [1.807, 2.05) is 6.92 Å². The van der Waals surface area contributed by atoms with Crippen molar-refractivity contribution in [2.75, 3.05) is 0 Å². The zero-order valence-electron chi connectivity index (χ0n) is 17.1. The summed E-state index contributed by atoms with van der Waals surface area (Å²) in [7, 11) is 0. The van der Waals surface area contributed by atoms with Crippen molar-refractivity contribution >= 4 is 34.2 Å². The number of hydrogen-bond acceptors (Lipinski definition) is 4. The molecule has 6 heteroatoms. The Kier molecular flexibility index (Phi) is 5.32. The van der Waals surface area contributed by atoms with Crippen LogP contribution in [0.5, 0.6) is 0 Å². The van der Waals surface area contributed by atoms with Crippen LogP contribution in [-0.2, 0) is 4.79 Å². The molecule has 0 radical (unpaired) electrons. The van der Waals surface area contributed by atoms with Gasteiger partial charge in [0.05, 0.1) is 10.8 Å². The molecule has 0 bridgehead atoms. The van der Waals surface area contributed by atoms with Gasteiger partial charge >= 0.3 is 0 Å². The minimum Gasteiger partial charge on any atom is -0.352 e. The van der Waals surface area contributed by atoms with Gasteiger partial charge in [0.25, 0.3) is 0 Å². The first-order valence-corrected chi connectivity index (χ1v) is 11.0. The third-order valence-electron chi connectivity index (χ3n) is 5.70. The molecule has 1 amide bonds. The lowest BCUT2D eigenvalue weighted by molar-refractivity contribution is -0.121. The molecule has 2 aromatic heterocycles. The number of thioether (sulfide) groups is 1. The number of hydrogen-bond donors (Lipinski definition) is 1. The number of pyridine rings is 1. The SMILES string of the molecule is Cc1cc(C)c2c(c1)c(C)cc1nnc(SC(C)C(=O)NC3CCCCC3)n12. The molecule has 5 nitrogen and oxygen atoms in total. The van der Waals surface area contributed by atoms with E-state index in [4.69, 9.17) is 0 Å². The Bertz CT molecular complexity index is 1040. The van der Waals surface area contributed by atoms with Crippen molar-refractivity contribution < 1.29 is 4.79 Å². The summed E-state index contributed by atoms with van der Waals surface area (Å²) in [6.07, 6.45) is 5.91. The van der Waals surface area contributed by atoms with Crippen LogP contribution >= 0.6 is 11.8 Å². The molecule has 1 saturated carbocycles. The van der Waals surface area contributed by atoms with E-state index in [0.29, 0.717) is 6.04 Å². The average molecular weight is 397 g/mol. The number of nitrogens with zero attached hydrogens (tertiary/aromatic N) is 3. The minimum atomic E-state index is -0.212. The first kappa shape index (κ1) is 19.2. The van der Waals surface area contributed by atoms with Crippen LogP contribution in [0.15, 0.2) is 23.4 Å². The maximum atomic E-state index is 12.7. The number of aromatic nitrogens is 3. The fourth-order valence-corrected chi connectivity index (χ4v) is 5.14. The summed E-state index contributed by atoms with van der Waals surface area (Å²) in [5.74, 6) is 0.0950. The second kappa shape index (κ2) is 7.74. The Hall–Kier alpha value is -2.08. The molecule has 0 aliphatic heterocycles. The van der Waals surface area contributed by atoms with Crippen LogP contribution in [0.2, 0.25) is 0 Å². The number of amides is 1. The van der Waals surface area contributed by atoms with Crippen LogP contribution in [0.25, 0.3) is 16.6 Å². The smallest absolute Gasteiger partial charge is 0.233 e. The molecule has 28 heavy (non-hydrogen) atoms. The van der Waals surface area contributed by atoms with Crippen LogP contribution in [0, 0.1) is 20.8 Å². The van der Waals surface area contributed by atoms with Gasteiger partial charge in [-0.25, -0.2) is 0 Å².